The Balaban J connectivity index is 2.34. The van der Waals surface area contributed by atoms with Crippen LogP contribution in [0.1, 0.15) is 31.2 Å². The zero-order chi connectivity index (χ0) is 15.0. The average molecular weight is 382 g/mol. The molecule has 0 radical (unpaired) electrons. The van der Waals surface area contributed by atoms with Gasteiger partial charge in [-0.3, -0.25) is 0 Å². The molecule has 5 heteroatoms. The van der Waals surface area contributed by atoms with Crippen LogP contribution in [0.15, 0.2) is 12.1 Å². The Morgan fingerprint density at radius 3 is 2.30 bits per heavy atom. The maximum absolute atomic E-state index is 6.38. The van der Waals surface area contributed by atoms with Crippen LogP contribution in [0.25, 0.3) is 0 Å². The molecule has 0 saturated carbocycles. The zero-order valence-corrected chi connectivity index (χ0v) is 15.1. The highest BCUT2D eigenvalue weighted by Crippen LogP contribution is 2.48. The number of halogens is 3. The lowest BCUT2D eigenvalue weighted by atomic mass is 9.84. The quantitative estimate of drug-likeness (QED) is 0.643. The summed E-state index contributed by atoms with van der Waals surface area (Å²) in [6, 6.07) is 3.65. The Kier molecular flexibility index (Phi) is 5.28. The van der Waals surface area contributed by atoms with Gasteiger partial charge in [0.15, 0.2) is 0 Å². The highest BCUT2D eigenvalue weighted by atomic mass is 79.9. The van der Waals surface area contributed by atoms with Gasteiger partial charge in [-0.1, -0.05) is 46.1 Å². The number of hydrogen-bond donors (Lipinski definition) is 0. The van der Waals surface area contributed by atoms with E-state index in [1.54, 1.807) is 13.2 Å². The lowest BCUT2D eigenvalue weighted by Crippen LogP contribution is -2.22. The molecule has 1 aliphatic rings. The number of alkyl halides is 1. The van der Waals surface area contributed by atoms with Crippen LogP contribution in [0.5, 0.6) is 5.75 Å². The molecule has 0 N–H and O–H groups in total. The van der Waals surface area contributed by atoms with Crippen molar-refractivity contribution in [2.45, 2.75) is 37.8 Å². The predicted molar refractivity (Wildman–Crippen MR) is 87.3 cm³/mol. The van der Waals surface area contributed by atoms with E-state index in [-0.39, 0.29) is 17.0 Å². The minimum absolute atomic E-state index is 0.105. The molecule has 1 aliphatic heterocycles. The van der Waals surface area contributed by atoms with Gasteiger partial charge in [0.1, 0.15) is 5.75 Å². The van der Waals surface area contributed by atoms with Crippen molar-refractivity contribution in [3.8, 4) is 5.75 Å². The third-order valence-corrected chi connectivity index (χ3v) is 5.95. The number of methoxy groups -OCH3 is 1. The van der Waals surface area contributed by atoms with Crippen molar-refractivity contribution in [3.05, 3.63) is 27.7 Å². The summed E-state index contributed by atoms with van der Waals surface area (Å²) < 4.78 is 11.1. The van der Waals surface area contributed by atoms with Gasteiger partial charge in [0, 0.05) is 21.8 Å². The Labute approximate surface area is 138 Å². The first-order valence-electron chi connectivity index (χ1n) is 6.69. The van der Waals surface area contributed by atoms with Crippen molar-refractivity contribution < 1.29 is 9.47 Å². The van der Waals surface area contributed by atoms with Crippen molar-refractivity contribution in [3.63, 3.8) is 0 Å². The van der Waals surface area contributed by atoms with Gasteiger partial charge in [-0.05, 0) is 31.4 Å². The first-order chi connectivity index (χ1) is 9.36. The predicted octanol–water partition coefficient (Wildman–Crippen LogP) is 5.50. The molecule has 5 unspecified atom stereocenters. The van der Waals surface area contributed by atoms with Crippen molar-refractivity contribution in [2.24, 2.45) is 11.8 Å². The van der Waals surface area contributed by atoms with Gasteiger partial charge in [0.05, 0.1) is 24.3 Å². The van der Waals surface area contributed by atoms with Gasteiger partial charge in [-0.25, -0.2) is 0 Å². The summed E-state index contributed by atoms with van der Waals surface area (Å²) >= 11 is 16.4. The van der Waals surface area contributed by atoms with Gasteiger partial charge >= 0.3 is 0 Å². The Bertz CT molecular complexity index is 495. The highest BCUT2D eigenvalue weighted by molar-refractivity contribution is 9.09. The second-order valence-corrected chi connectivity index (χ2v) is 7.19. The molecule has 2 nitrogen and oxygen atoms in total. The number of benzene rings is 1. The van der Waals surface area contributed by atoms with Gasteiger partial charge < -0.3 is 9.47 Å². The first-order valence-corrected chi connectivity index (χ1v) is 8.36. The maximum atomic E-state index is 6.38. The van der Waals surface area contributed by atoms with Crippen molar-refractivity contribution in [1.82, 2.24) is 0 Å². The fraction of sp³-hybridized carbons (Fsp3) is 0.600. The van der Waals surface area contributed by atoms with Gasteiger partial charge in [0.25, 0.3) is 0 Å². The summed E-state index contributed by atoms with van der Waals surface area (Å²) in [7, 11) is 1.58. The number of hydrogen-bond acceptors (Lipinski definition) is 2. The van der Waals surface area contributed by atoms with Gasteiger partial charge in [0.2, 0.25) is 0 Å². The molecule has 1 aromatic carbocycles. The first kappa shape index (κ1) is 16.4. The molecular weight excluding hydrogens is 363 g/mol. The smallest absolute Gasteiger partial charge is 0.138 e. The van der Waals surface area contributed by atoms with Crippen LogP contribution in [-0.4, -0.2) is 19.3 Å². The number of rotatable bonds is 3. The van der Waals surface area contributed by atoms with Crippen molar-refractivity contribution in [2.75, 3.05) is 7.11 Å². The lowest BCUT2D eigenvalue weighted by molar-refractivity contribution is 0.0511. The zero-order valence-electron chi connectivity index (χ0n) is 12.0. The standard InChI is InChI=1S/C15H19BrCl2O2/c1-7-8(2)20-9(3)14(7)15(16)10-5-12(18)13(19-4)6-11(10)17/h5-9,14-15H,1-4H3. The van der Waals surface area contributed by atoms with E-state index >= 15 is 0 Å². The van der Waals surface area contributed by atoms with Crippen LogP contribution >= 0.6 is 39.1 Å². The van der Waals surface area contributed by atoms with E-state index in [0.29, 0.717) is 27.6 Å². The van der Waals surface area contributed by atoms with Crippen LogP contribution in [0, 0.1) is 11.8 Å². The molecular formula is C15H19BrCl2O2. The molecule has 0 spiro atoms. The maximum Gasteiger partial charge on any atom is 0.138 e. The van der Waals surface area contributed by atoms with Crippen LogP contribution in [0.4, 0.5) is 0 Å². The van der Waals surface area contributed by atoms with E-state index in [1.807, 2.05) is 6.07 Å². The molecule has 1 saturated heterocycles. The summed E-state index contributed by atoms with van der Waals surface area (Å²) in [5.41, 5.74) is 0.985. The SMILES string of the molecule is COc1cc(Cl)c(C(Br)C2C(C)OC(C)C2C)cc1Cl. The van der Waals surface area contributed by atoms with Crippen LogP contribution in [0.2, 0.25) is 10.0 Å². The molecule has 0 bridgehead atoms. The van der Waals surface area contributed by atoms with E-state index in [2.05, 4.69) is 36.7 Å². The molecule has 1 heterocycles. The second kappa shape index (κ2) is 6.43. The average Bonchev–Trinajstić information content (AvgIpc) is 2.65. The molecule has 5 atom stereocenters. The third-order valence-electron chi connectivity index (χ3n) is 4.23. The molecule has 0 aromatic heterocycles. The van der Waals surface area contributed by atoms with E-state index < -0.39 is 0 Å². The van der Waals surface area contributed by atoms with Crippen LogP contribution in [-0.2, 0) is 4.74 Å². The third kappa shape index (κ3) is 2.96. The molecule has 2 rings (SSSR count). The van der Waals surface area contributed by atoms with Crippen LogP contribution in [0.3, 0.4) is 0 Å². The molecule has 0 aliphatic carbocycles. The summed E-state index contributed by atoms with van der Waals surface area (Å²) in [4.78, 5) is 0.105. The second-order valence-electron chi connectivity index (χ2n) is 5.39. The number of ether oxygens (including phenoxy) is 2. The fourth-order valence-electron chi connectivity index (χ4n) is 2.92. The monoisotopic (exact) mass is 380 g/mol. The normalized spacial score (nSPS) is 31.4. The van der Waals surface area contributed by atoms with E-state index in [1.165, 1.54) is 0 Å². The summed E-state index contributed by atoms with van der Waals surface area (Å²) in [5.74, 6) is 1.40. The minimum atomic E-state index is 0.105. The summed E-state index contributed by atoms with van der Waals surface area (Å²) in [6.45, 7) is 6.44. The molecule has 112 valence electrons. The summed E-state index contributed by atoms with van der Waals surface area (Å²) in [5, 5.41) is 1.23. The van der Waals surface area contributed by atoms with E-state index in [9.17, 15) is 0 Å². The molecule has 1 fully saturated rings. The largest absolute Gasteiger partial charge is 0.495 e. The summed E-state index contributed by atoms with van der Waals surface area (Å²) in [6.07, 6.45) is 0.434. The van der Waals surface area contributed by atoms with Crippen LogP contribution < -0.4 is 4.74 Å². The van der Waals surface area contributed by atoms with E-state index in [4.69, 9.17) is 32.7 Å². The Hall–Kier alpha value is 0.0400. The Morgan fingerprint density at radius 1 is 1.15 bits per heavy atom. The molecule has 1 aromatic rings. The van der Waals surface area contributed by atoms with Gasteiger partial charge in [-0.2, -0.15) is 0 Å². The topological polar surface area (TPSA) is 18.5 Å². The van der Waals surface area contributed by atoms with Crippen molar-refractivity contribution in [1.29, 1.82) is 0 Å². The molecule has 20 heavy (non-hydrogen) atoms. The Morgan fingerprint density at radius 2 is 1.80 bits per heavy atom. The highest BCUT2D eigenvalue weighted by Gasteiger charge is 2.41. The lowest BCUT2D eigenvalue weighted by Gasteiger charge is -2.26. The minimum Gasteiger partial charge on any atom is -0.495 e. The van der Waals surface area contributed by atoms with Crippen molar-refractivity contribution >= 4 is 39.1 Å². The van der Waals surface area contributed by atoms with E-state index in [0.717, 1.165) is 5.56 Å². The van der Waals surface area contributed by atoms with Gasteiger partial charge in [-0.15, -0.1) is 0 Å². The molecule has 0 amide bonds. The fourth-order valence-corrected chi connectivity index (χ4v) is 4.86.